The number of aryl methyl sites for hydroxylation is 2. The molecule has 0 aliphatic rings. The Morgan fingerprint density at radius 3 is 2.15 bits per heavy atom. The van der Waals surface area contributed by atoms with Crippen molar-refractivity contribution in [2.24, 2.45) is 0 Å². The maximum absolute atomic E-state index is 10.4. The first-order valence-electron chi connectivity index (χ1n) is 3.51. The van der Waals surface area contributed by atoms with Crippen molar-refractivity contribution in [3.63, 3.8) is 0 Å². The summed E-state index contributed by atoms with van der Waals surface area (Å²) in [6, 6.07) is 5.55. The van der Waals surface area contributed by atoms with E-state index in [1.807, 2.05) is 32.0 Å². The molecule has 66 valence electrons. The van der Waals surface area contributed by atoms with E-state index in [-0.39, 0.29) is 19.5 Å². The van der Waals surface area contributed by atoms with E-state index in [1.165, 1.54) is 0 Å². The van der Waals surface area contributed by atoms with Crippen molar-refractivity contribution < 1.29 is 33.5 Å². The zero-order valence-electron chi connectivity index (χ0n) is 7.65. The van der Waals surface area contributed by atoms with Crippen LogP contribution in [0.15, 0.2) is 18.2 Å². The van der Waals surface area contributed by atoms with E-state index in [2.05, 4.69) is 0 Å². The van der Waals surface area contributed by atoms with Gasteiger partial charge in [0.25, 0.3) is 0 Å². The average Bonchev–Trinajstić information content (AvgIpc) is 1.97. The molecule has 0 bridgehead atoms. The van der Waals surface area contributed by atoms with E-state index in [4.69, 9.17) is 9.42 Å². The predicted octanol–water partition coefficient (Wildman–Crippen LogP) is 2.33. The summed E-state index contributed by atoms with van der Waals surface area (Å²) in [6.07, 6.45) is 0. The Bertz CT molecular complexity index is 294. The SMILES string of the molecule is Cc1cccc(C)c1O[P+](=O)O.[Zn]. The van der Waals surface area contributed by atoms with Crippen LogP contribution in [0.25, 0.3) is 0 Å². The van der Waals surface area contributed by atoms with Crippen LogP contribution in [0.2, 0.25) is 0 Å². The second-order valence-electron chi connectivity index (χ2n) is 2.55. The molecule has 0 aliphatic heterocycles. The average molecular weight is 251 g/mol. The summed E-state index contributed by atoms with van der Waals surface area (Å²) in [7, 11) is -2.56. The van der Waals surface area contributed by atoms with Gasteiger partial charge < -0.3 is 0 Å². The van der Waals surface area contributed by atoms with E-state index in [0.29, 0.717) is 5.75 Å². The number of hydrogen-bond acceptors (Lipinski definition) is 2. The second-order valence-corrected chi connectivity index (χ2v) is 3.21. The third-order valence-corrected chi connectivity index (χ3v) is 1.92. The van der Waals surface area contributed by atoms with Gasteiger partial charge in [0.15, 0.2) is 5.75 Å². The van der Waals surface area contributed by atoms with Gasteiger partial charge >= 0.3 is 8.25 Å². The minimum Gasteiger partial charge on any atom is -0.229 e. The number of rotatable bonds is 2. The maximum atomic E-state index is 10.4. The van der Waals surface area contributed by atoms with Crippen molar-refractivity contribution in [2.75, 3.05) is 0 Å². The monoisotopic (exact) mass is 249 g/mol. The second kappa shape index (κ2) is 5.44. The third-order valence-electron chi connectivity index (χ3n) is 1.58. The van der Waals surface area contributed by atoms with Gasteiger partial charge in [0.05, 0.1) is 0 Å². The smallest absolute Gasteiger partial charge is 0.229 e. The molecule has 0 radical (unpaired) electrons. The van der Waals surface area contributed by atoms with Crippen LogP contribution in [0, 0.1) is 13.8 Å². The largest absolute Gasteiger partial charge is 0.747 e. The van der Waals surface area contributed by atoms with Crippen molar-refractivity contribution in [1.82, 2.24) is 0 Å². The van der Waals surface area contributed by atoms with E-state index in [9.17, 15) is 4.57 Å². The molecule has 0 saturated carbocycles. The van der Waals surface area contributed by atoms with Gasteiger partial charge in [-0.05, 0) is 25.0 Å². The van der Waals surface area contributed by atoms with Crippen LogP contribution < -0.4 is 4.52 Å². The van der Waals surface area contributed by atoms with Crippen molar-refractivity contribution in [3.8, 4) is 5.75 Å². The van der Waals surface area contributed by atoms with Crippen LogP contribution in [0.5, 0.6) is 5.75 Å². The Balaban J connectivity index is 0.00000144. The predicted molar refractivity (Wildman–Crippen MR) is 46.4 cm³/mol. The topological polar surface area (TPSA) is 46.5 Å². The summed E-state index contributed by atoms with van der Waals surface area (Å²) >= 11 is 0. The summed E-state index contributed by atoms with van der Waals surface area (Å²) in [5, 5.41) is 0. The Morgan fingerprint density at radius 1 is 1.31 bits per heavy atom. The molecular weight excluding hydrogens is 240 g/mol. The molecule has 3 nitrogen and oxygen atoms in total. The molecule has 0 spiro atoms. The Morgan fingerprint density at radius 2 is 1.77 bits per heavy atom. The van der Waals surface area contributed by atoms with E-state index in [0.717, 1.165) is 11.1 Å². The van der Waals surface area contributed by atoms with Crippen molar-refractivity contribution in [2.45, 2.75) is 13.8 Å². The summed E-state index contributed by atoms with van der Waals surface area (Å²) < 4.78 is 15.1. The summed E-state index contributed by atoms with van der Waals surface area (Å²) in [6.45, 7) is 3.67. The molecule has 1 atom stereocenters. The van der Waals surface area contributed by atoms with Crippen LogP contribution in [-0.4, -0.2) is 4.89 Å². The molecule has 1 aromatic rings. The molecule has 1 rings (SSSR count). The summed E-state index contributed by atoms with van der Waals surface area (Å²) in [5.74, 6) is 0.501. The molecule has 5 heteroatoms. The standard InChI is InChI=1S/C8H9O3P.Zn/c1-6-4-3-5-7(2)8(6)11-12(9)10;/h3-5H,1-2H3;/p+1. The third kappa shape index (κ3) is 3.52. The molecule has 0 fully saturated rings. The van der Waals surface area contributed by atoms with E-state index < -0.39 is 8.25 Å². The molecule has 0 amide bonds. The van der Waals surface area contributed by atoms with Crippen molar-refractivity contribution in [3.05, 3.63) is 29.3 Å². The van der Waals surface area contributed by atoms with Gasteiger partial charge in [-0.3, -0.25) is 0 Å². The number of benzene rings is 1. The first-order chi connectivity index (χ1) is 5.61. The van der Waals surface area contributed by atoms with Crippen molar-refractivity contribution in [1.29, 1.82) is 0 Å². The minimum absolute atomic E-state index is 0. The van der Waals surface area contributed by atoms with Crippen LogP contribution in [0.4, 0.5) is 0 Å². The Labute approximate surface area is 90.8 Å². The van der Waals surface area contributed by atoms with Crippen LogP contribution in [-0.2, 0) is 24.0 Å². The molecule has 0 heterocycles. The first kappa shape index (κ1) is 12.7. The molecule has 1 N–H and O–H groups in total. The van der Waals surface area contributed by atoms with Crippen LogP contribution >= 0.6 is 8.25 Å². The van der Waals surface area contributed by atoms with Gasteiger partial charge in [0.2, 0.25) is 0 Å². The quantitative estimate of drug-likeness (QED) is 0.647. The van der Waals surface area contributed by atoms with Crippen LogP contribution in [0.3, 0.4) is 0 Å². The molecule has 0 aromatic heterocycles. The van der Waals surface area contributed by atoms with E-state index in [1.54, 1.807) is 0 Å². The summed E-state index contributed by atoms with van der Waals surface area (Å²) in [5.41, 5.74) is 1.74. The van der Waals surface area contributed by atoms with Crippen LogP contribution in [0.1, 0.15) is 11.1 Å². The molecule has 1 aromatic carbocycles. The van der Waals surface area contributed by atoms with Gasteiger partial charge in [-0.1, -0.05) is 18.2 Å². The van der Waals surface area contributed by atoms with Gasteiger partial charge in [0, 0.05) is 24.0 Å². The zero-order valence-corrected chi connectivity index (χ0v) is 11.5. The Hall–Kier alpha value is -0.297. The molecular formula is C8H10O3PZn+. The first-order valence-corrected chi connectivity index (χ1v) is 4.64. The fraction of sp³-hybridized carbons (Fsp3) is 0.250. The fourth-order valence-corrected chi connectivity index (χ4v) is 1.47. The molecule has 0 saturated heterocycles. The fourth-order valence-electron chi connectivity index (χ4n) is 1.02. The normalized spacial score (nSPS) is 10.2. The van der Waals surface area contributed by atoms with Gasteiger partial charge in [0.1, 0.15) is 0 Å². The van der Waals surface area contributed by atoms with E-state index >= 15 is 0 Å². The van der Waals surface area contributed by atoms with Gasteiger partial charge in [-0.25, -0.2) is 4.52 Å². The number of para-hydroxylation sites is 1. The summed E-state index contributed by atoms with van der Waals surface area (Å²) in [4.78, 5) is 8.54. The Kier molecular flexibility index (Phi) is 5.31. The van der Waals surface area contributed by atoms with Gasteiger partial charge in [-0.2, -0.15) is 0 Å². The number of hydrogen-bond donors (Lipinski definition) is 1. The van der Waals surface area contributed by atoms with Crippen molar-refractivity contribution >= 4 is 8.25 Å². The maximum Gasteiger partial charge on any atom is 0.747 e. The van der Waals surface area contributed by atoms with Gasteiger partial charge in [-0.15, -0.1) is 4.89 Å². The molecule has 1 unspecified atom stereocenters. The zero-order chi connectivity index (χ0) is 9.14. The molecule has 0 aliphatic carbocycles. The minimum atomic E-state index is -2.56. The molecule has 13 heavy (non-hydrogen) atoms.